The molecule has 0 saturated heterocycles. The standard InChI is InChI=1S/C13H17N5O/c1-2-18(11-6-4-3-5-7-11)13(19)12-10-17(9-8-14)16-15-12/h3-7,10H,2,8-9,14H2,1H3. The van der Waals surface area contributed by atoms with E-state index >= 15 is 0 Å². The molecule has 0 aliphatic carbocycles. The topological polar surface area (TPSA) is 77.0 Å². The SMILES string of the molecule is CCN(C(=O)c1cn(CCN)nn1)c1ccccc1. The summed E-state index contributed by atoms with van der Waals surface area (Å²) < 4.78 is 1.58. The van der Waals surface area contributed by atoms with Gasteiger partial charge in [0.25, 0.3) is 5.91 Å². The van der Waals surface area contributed by atoms with E-state index in [9.17, 15) is 4.79 Å². The van der Waals surface area contributed by atoms with Gasteiger partial charge in [0, 0.05) is 18.8 Å². The molecule has 19 heavy (non-hydrogen) atoms. The van der Waals surface area contributed by atoms with Crippen molar-refractivity contribution in [3.63, 3.8) is 0 Å². The summed E-state index contributed by atoms with van der Waals surface area (Å²) in [6, 6.07) is 9.50. The van der Waals surface area contributed by atoms with Gasteiger partial charge in [0.15, 0.2) is 5.69 Å². The lowest BCUT2D eigenvalue weighted by molar-refractivity contribution is 0.0983. The van der Waals surface area contributed by atoms with Crippen molar-refractivity contribution in [2.75, 3.05) is 18.0 Å². The first-order valence-corrected chi connectivity index (χ1v) is 6.23. The summed E-state index contributed by atoms with van der Waals surface area (Å²) in [7, 11) is 0. The van der Waals surface area contributed by atoms with Crippen molar-refractivity contribution < 1.29 is 4.79 Å². The number of anilines is 1. The smallest absolute Gasteiger partial charge is 0.280 e. The van der Waals surface area contributed by atoms with Crippen LogP contribution in [0.1, 0.15) is 17.4 Å². The lowest BCUT2D eigenvalue weighted by atomic mass is 10.2. The number of benzene rings is 1. The van der Waals surface area contributed by atoms with Crippen LogP contribution in [0.15, 0.2) is 36.5 Å². The Kier molecular flexibility index (Phi) is 4.25. The van der Waals surface area contributed by atoms with E-state index in [-0.39, 0.29) is 5.91 Å². The van der Waals surface area contributed by atoms with Gasteiger partial charge < -0.3 is 10.6 Å². The van der Waals surface area contributed by atoms with Crippen LogP contribution in [0.3, 0.4) is 0 Å². The Balaban J connectivity index is 2.20. The molecule has 0 fully saturated rings. The number of hydrogen-bond donors (Lipinski definition) is 1. The van der Waals surface area contributed by atoms with Gasteiger partial charge in [0.05, 0.1) is 12.7 Å². The van der Waals surface area contributed by atoms with Gasteiger partial charge in [-0.1, -0.05) is 23.4 Å². The van der Waals surface area contributed by atoms with Crippen molar-refractivity contribution in [1.29, 1.82) is 0 Å². The van der Waals surface area contributed by atoms with Crippen LogP contribution < -0.4 is 10.6 Å². The lowest BCUT2D eigenvalue weighted by Gasteiger charge is -2.19. The predicted molar refractivity (Wildman–Crippen MR) is 72.9 cm³/mol. The van der Waals surface area contributed by atoms with Gasteiger partial charge >= 0.3 is 0 Å². The van der Waals surface area contributed by atoms with Crippen LogP contribution >= 0.6 is 0 Å². The molecule has 6 heteroatoms. The fourth-order valence-electron chi connectivity index (χ4n) is 1.83. The van der Waals surface area contributed by atoms with E-state index in [4.69, 9.17) is 5.73 Å². The first-order chi connectivity index (χ1) is 9.26. The highest BCUT2D eigenvalue weighted by atomic mass is 16.2. The molecule has 0 aliphatic rings. The number of carbonyl (C=O) groups excluding carboxylic acids is 1. The Hall–Kier alpha value is -2.21. The molecule has 1 heterocycles. The maximum Gasteiger partial charge on any atom is 0.280 e. The van der Waals surface area contributed by atoms with Crippen molar-refractivity contribution in [2.45, 2.75) is 13.5 Å². The third-order valence-corrected chi connectivity index (χ3v) is 2.75. The summed E-state index contributed by atoms with van der Waals surface area (Å²) in [5, 5.41) is 7.77. The zero-order chi connectivity index (χ0) is 13.7. The van der Waals surface area contributed by atoms with E-state index in [1.54, 1.807) is 15.8 Å². The maximum atomic E-state index is 12.4. The van der Waals surface area contributed by atoms with Crippen LogP contribution in [0.4, 0.5) is 5.69 Å². The third kappa shape index (κ3) is 2.97. The van der Waals surface area contributed by atoms with E-state index in [0.717, 1.165) is 5.69 Å². The summed E-state index contributed by atoms with van der Waals surface area (Å²) in [6.07, 6.45) is 1.63. The highest BCUT2D eigenvalue weighted by molar-refractivity contribution is 6.04. The number of amides is 1. The molecular formula is C13H17N5O. The number of nitrogens with two attached hydrogens (primary N) is 1. The monoisotopic (exact) mass is 259 g/mol. The van der Waals surface area contributed by atoms with E-state index in [1.165, 1.54) is 0 Å². The second-order valence-electron chi connectivity index (χ2n) is 4.04. The first kappa shape index (κ1) is 13.2. The normalized spacial score (nSPS) is 10.4. The molecule has 0 bridgehead atoms. The number of aromatic nitrogens is 3. The Morgan fingerprint density at radius 1 is 1.37 bits per heavy atom. The van der Waals surface area contributed by atoms with Crippen molar-refractivity contribution >= 4 is 11.6 Å². The minimum atomic E-state index is -0.156. The molecule has 0 radical (unpaired) electrons. The minimum absolute atomic E-state index is 0.156. The van der Waals surface area contributed by atoms with Crippen molar-refractivity contribution in [3.8, 4) is 0 Å². The van der Waals surface area contributed by atoms with Gasteiger partial charge in [-0.2, -0.15) is 0 Å². The van der Waals surface area contributed by atoms with Gasteiger partial charge in [-0.15, -0.1) is 5.10 Å². The molecule has 2 N–H and O–H groups in total. The molecule has 2 rings (SSSR count). The number of hydrogen-bond acceptors (Lipinski definition) is 4. The first-order valence-electron chi connectivity index (χ1n) is 6.23. The predicted octanol–water partition coefficient (Wildman–Crippen LogP) is 0.903. The molecule has 6 nitrogen and oxygen atoms in total. The quantitative estimate of drug-likeness (QED) is 0.865. The molecule has 2 aromatic rings. The molecular weight excluding hydrogens is 242 g/mol. The molecule has 0 saturated carbocycles. The Morgan fingerprint density at radius 3 is 2.74 bits per heavy atom. The van der Waals surface area contributed by atoms with E-state index < -0.39 is 0 Å². The average Bonchev–Trinajstić information content (AvgIpc) is 2.90. The summed E-state index contributed by atoms with van der Waals surface area (Å²) in [5.74, 6) is -0.156. The molecule has 0 atom stereocenters. The highest BCUT2D eigenvalue weighted by Crippen LogP contribution is 2.15. The fourth-order valence-corrected chi connectivity index (χ4v) is 1.83. The molecule has 0 unspecified atom stereocenters. The number of carbonyl (C=O) groups is 1. The molecule has 100 valence electrons. The van der Waals surface area contributed by atoms with Crippen LogP contribution in [0, 0.1) is 0 Å². The Bertz CT molecular complexity index is 537. The number of para-hydroxylation sites is 1. The van der Waals surface area contributed by atoms with Crippen molar-refractivity contribution in [1.82, 2.24) is 15.0 Å². The fraction of sp³-hybridized carbons (Fsp3) is 0.308. The third-order valence-electron chi connectivity index (χ3n) is 2.75. The maximum absolute atomic E-state index is 12.4. The Labute approximate surface area is 111 Å². The zero-order valence-electron chi connectivity index (χ0n) is 10.9. The van der Waals surface area contributed by atoms with Gasteiger partial charge in [-0.25, -0.2) is 0 Å². The average molecular weight is 259 g/mol. The van der Waals surface area contributed by atoms with E-state index in [0.29, 0.717) is 25.3 Å². The Morgan fingerprint density at radius 2 is 2.11 bits per heavy atom. The number of rotatable bonds is 5. The summed E-state index contributed by atoms with van der Waals surface area (Å²) >= 11 is 0. The molecule has 1 aromatic heterocycles. The molecule has 1 amide bonds. The largest absolute Gasteiger partial charge is 0.329 e. The van der Waals surface area contributed by atoms with Gasteiger partial charge in [0.2, 0.25) is 0 Å². The van der Waals surface area contributed by atoms with Crippen molar-refractivity contribution in [3.05, 3.63) is 42.2 Å². The van der Waals surface area contributed by atoms with Crippen LogP contribution in [-0.2, 0) is 6.54 Å². The van der Waals surface area contributed by atoms with Crippen LogP contribution in [0.25, 0.3) is 0 Å². The molecule has 0 aliphatic heterocycles. The van der Waals surface area contributed by atoms with Crippen LogP contribution in [-0.4, -0.2) is 34.0 Å². The van der Waals surface area contributed by atoms with E-state index in [1.807, 2.05) is 37.3 Å². The van der Waals surface area contributed by atoms with E-state index in [2.05, 4.69) is 10.3 Å². The summed E-state index contributed by atoms with van der Waals surface area (Å²) in [5.41, 5.74) is 6.62. The minimum Gasteiger partial charge on any atom is -0.329 e. The zero-order valence-corrected chi connectivity index (χ0v) is 10.9. The molecule has 1 aromatic carbocycles. The van der Waals surface area contributed by atoms with Crippen LogP contribution in [0.5, 0.6) is 0 Å². The second-order valence-corrected chi connectivity index (χ2v) is 4.04. The van der Waals surface area contributed by atoms with Gasteiger partial charge in [-0.3, -0.25) is 9.48 Å². The van der Waals surface area contributed by atoms with Gasteiger partial charge in [-0.05, 0) is 19.1 Å². The van der Waals surface area contributed by atoms with Crippen LogP contribution in [0.2, 0.25) is 0 Å². The number of nitrogens with zero attached hydrogens (tertiary/aromatic N) is 4. The highest BCUT2D eigenvalue weighted by Gasteiger charge is 2.18. The molecule has 0 spiro atoms. The summed E-state index contributed by atoms with van der Waals surface area (Å²) in [6.45, 7) is 3.52. The lowest BCUT2D eigenvalue weighted by Crippen LogP contribution is -2.30. The second kappa shape index (κ2) is 6.10. The summed E-state index contributed by atoms with van der Waals surface area (Å²) in [4.78, 5) is 14.0. The van der Waals surface area contributed by atoms with Crippen molar-refractivity contribution in [2.24, 2.45) is 5.73 Å². The van der Waals surface area contributed by atoms with Gasteiger partial charge in [0.1, 0.15) is 0 Å².